The van der Waals surface area contributed by atoms with Crippen LogP contribution in [0.15, 0.2) is 28.1 Å². The number of benzene rings is 1. The first-order valence-corrected chi connectivity index (χ1v) is 5.81. The lowest BCUT2D eigenvalue weighted by atomic mass is 10.2. The molecule has 2 rings (SSSR count). The second-order valence-electron chi connectivity index (χ2n) is 3.06. The summed E-state index contributed by atoms with van der Waals surface area (Å²) in [5, 5.41) is 2.80. The summed E-state index contributed by atoms with van der Waals surface area (Å²) in [5.41, 5.74) is 7.90. The molecule has 0 amide bonds. The number of anilines is 1. The first-order chi connectivity index (χ1) is 6.66. The smallest absolute Gasteiger partial charge is 0.135 e. The number of nitrogen functional groups attached to an aromatic ring is 1. The van der Waals surface area contributed by atoms with Gasteiger partial charge in [-0.3, -0.25) is 0 Å². The van der Waals surface area contributed by atoms with E-state index in [2.05, 4.69) is 46.0 Å². The number of aromatic nitrogens is 1. The van der Waals surface area contributed by atoms with Crippen LogP contribution in [-0.2, 0) is 0 Å². The summed E-state index contributed by atoms with van der Waals surface area (Å²) in [4.78, 5) is 4.24. The zero-order valence-corrected chi connectivity index (χ0v) is 10.0. The van der Waals surface area contributed by atoms with E-state index in [1.807, 2.05) is 5.38 Å². The fourth-order valence-electron chi connectivity index (χ4n) is 1.20. The van der Waals surface area contributed by atoms with Crippen LogP contribution in [0.4, 0.5) is 5.82 Å². The van der Waals surface area contributed by atoms with Gasteiger partial charge in [0.15, 0.2) is 0 Å². The standard InChI is InChI=1S/C10H9BrN2S/c1-6-2-3-7(8(11)4-6)10-13-9(12)5-14-10/h2-5H,12H2,1H3. The summed E-state index contributed by atoms with van der Waals surface area (Å²) < 4.78 is 1.06. The minimum atomic E-state index is 0.581. The van der Waals surface area contributed by atoms with Crippen molar-refractivity contribution in [2.24, 2.45) is 0 Å². The predicted molar refractivity (Wildman–Crippen MR) is 64.4 cm³/mol. The van der Waals surface area contributed by atoms with Crippen LogP contribution in [0.25, 0.3) is 10.6 Å². The van der Waals surface area contributed by atoms with Crippen molar-refractivity contribution in [3.63, 3.8) is 0 Å². The van der Waals surface area contributed by atoms with Gasteiger partial charge in [-0.15, -0.1) is 11.3 Å². The third kappa shape index (κ3) is 1.81. The predicted octanol–water partition coefficient (Wildman–Crippen LogP) is 3.46. The van der Waals surface area contributed by atoms with Gasteiger partial charge in [0, 0.05) is 15.4 Å². The van der Waals surface area contributed by atoms with Crippen LogP contribution in [-0.4, -0.2) is 4.98 Å². The summed E-state index contributed by atoms with van der Waals surface area (Å²) >= 11 is 5.08. The molecule has 0 unspecified atom stereocenters. The monoisotopic (exact) mass is 268 g/mol. The Morgan fingerprint density at radius 2 is 2.21 bits per heavy atom. The van der Waals surface area contributed by atoms with Crippen molar-refractivity contribution in [2.45, 2.75) is 6.92 Å². The van der Waals surface area contributed by atoms with E-state index in [1.54, 1.807) is 11.3 Å². The minimum Gasteiger partial charge on any atom is -0.383 e. The molecule has 0 aliphatic rings. The molecule has 72 valence electrons. The van der Waals surface area contributed by atoms with E-state index in [9.17, 15) is 0 Å². The van der Waals surface area contributed by atoms with E-state index in [1.165, 1.54) is 5.56 Å². The van der Waals surface area contributed by atoms with Crippen LogP contribution in [0.5, 0.6) is 0 Å². The highest BCUT2D eigenvalue weighted by Crippen LogP contribution is 2.31. The molecule has 0 spiro atoms. The molecule has 2 aromatic rings. The molecule has 1 aromatic carbocycles. The molecule has 2 N–H and O–H groups in total. The molecule has 0 aliphatic carbocycles. The largest absolute Gasteiger partial charge is 0.383 e. The highest BCUT2D eigenvalue weighted by atomic mass is 79.9. The van der Waals surface area contributed by atoms with Crippen molar-refractivity contribution < 1.29 is 0 Å². The topological polar surface area (TPSA) is 38.9 Å². The number of nitrogens with zero attached hydrogens (tertiary/aromatic N) is 1. The van der Waals surface area contributed by atoms with Crippen LogP contribution in [0.3, 0.4) is 0 Å². The van der Waals surface area contributed by atoms with E-state index in [0.29, 0.717) is 5.82 Å². The van der Waals surface area contributed by atoms with E-state index < -0.39 is 0 Å². The van der Waals surface area contributed by atoms with Crippen LogP contribution in [0.1, 0.15) is 5.56 Å². The first-order valence-electron chi connectivity index (χ1n) is 4.14. The number of aryl methyl sites for hydroxylation is 1. The average molecular weight is 269 g/mol. The number of hydrogen-bond donors (Lipinski definition) is 1. The normalized spacial score (nSPS) is 10.4. The molecule has 4 heteroatoms. The molecule has 0 radical (unpaired) electrons. The van der Waals surface area contributed by atoms with Gasteiger partial charge in [-0.25, -0.2) is 4.98 Å². The SMILES string of the molecule is Cc1ccc(-c2nc(N)cs2)c(Br)c1. The van der Waals surface area contributed by atoms with E-state index >= 15 is 0 Å². The van der Waals surface area contributed by atoms with Crippen molar-refractivity contribution in [1.29, 1.82) is 0 Å². The van der Waals surface area contributed by atoms with E-state index in [0.717, 1.165) is 15.0 Å². The summed E-state index contributed by atoms with van der Waals surface area (Å²) in [7, 11) is 0. The van der Waals surface area contributed by atoms with Crippen LogP contribution in [0.2, 0.25) is 0 Å². The van der Waals surface area contributed by atoms with Crippen LogP contribution >= 0.6 is 27.3 Å². The highest BCUT2D eigenvalue weighted by Gasteiger charge is 2.06. The fraction of sp³-hybridized carbons (Fsp3) is 0.100. The van der Waals surface area contributed by atoms with Crippen molar-refractivity contribution in [1.82, 2.24) is 4.98 Å². The van der Waals surface area contributed by atoms with Gasteiger partial charge in [-0.1, -0.05) is 28.1 Å². The number of hydrogen-bond acceptors (Lipinski definition) is 3. The van der Waals surface area contributed by atoms with Gasteiger partial charge in [0.05, 0.1) is 0 Å². The van der Waals surface area contributed by atoms with Crippen LogP contribution < -0.4 is 5.73 Å². The Kier molecular flexibility index (Phi) is 2.56. The maximum atomic E-state index is 5.58. The summed E-state index contributed by atoms with van der Waals surface area (Å²) in [6.07, 6.45) is 0. The number of thiazole rings is 1. The highest BCUT2D eigenvalue weighted by molar-refractivity contribution is 9.10. The Morgan fingerprint density at radius 3 is 2.79 bits per heavy atom. The fourth-order valence-corrected chi connectivity index (χ4v) is 2.76. The second kappa shape index (κ2) is 3.71. The van der Waals surface area contributed by atoms with Gasteiger partial charge >= 0.3 is 0 Å². The molecule has 0 saturated heterocycles. The second-order valence-corrected chi connectivity index (χ2v) is 4.77. The number of rotatable bonds is 1. The quantitative estimate of drug-likeness (QED) is 0.861. The molecule has 14 heavy (non-hydrogen) atoms. The molecule has 1 aromatic heterocycles. The van der Waals surface area contributed by atoms with Crippen molar-refractivity contribution in [3.05, 3.63) is 33.6 Å². The Labute approximate surface area is 94.9 Å². The average Bonchev–Trinajstić information content (AvgIpc) is 2.51. The molecule has 0 saturated carbocycles. The molecule has 1 heterocycles. The lowest BCUT2D eigenvalue weighted by Gasteiger charge is -2.01. The molecule has 0 atom stereocenters. The maximum Gasteiger partial charge on any atom is 0.135 e. The minimum absolute atomic E-state index is 0.581. The third-order valence-electron chi connectivity index (χ3n) is 1.88. The first kappa shape index (κ1) is 9.68. The molecule has 0 fully saturated rings. The maximum absolute atomic E-state index is 5.58. The Balaban J connectivity index is 2.52. The molecular formula is C10H9BrN2S. The Hall–Kier alpha value is -0.870. The Morgan fingerprint density at radius 1 is 1.43 bits per heavy atom. The van der Waals surface area contributed by atoms with Gasteiger partial charge in [-0.05, 0) is 18.6 Å². The van der Waals surface area contributed by atoms with Gasteiger partial charge < -0.3 is 5.73 Å². The van der Waals surface area contributed by atoms with Crippen LogP contribution in [0, 0.1) is 6.92 Å². The Bertz CT molecular complexity index is 465. The molecule has 2 nitrogen and oxygen atoms in total. The molecular weight excluding hydrogens is 260 g/mol. The number of nitrogens with two attached hydrogens (primary N) is 1. The summed E-state index contributed by atoms with van der Waals surface area (Å²) in [6, 6.07) is 6.20. The van der Waals surface area contributed by atoms with Gasteiger partial charge in [-0.2, -0.15) is 0 Å². The lowest BCUT2D eigenvalue weighted by Crippen LogP contribution is -1.84. The summed E-state index contributed by atoms with van der Waals surface area (Å²) in [6.45, 7) is 2.06. The zero-order valence-electron chi connectivity index (χ0n) is 7.62. The molecule has 0 bridgehead atoms. The molecule has 0 aliphatic heterocycles. The van der Waals surface area contributed by atoms with E-state index in [4.69, 9.17) is 5.73 Å². The van der Waals surface area contributed by atoms with E-state index in [-0.39, 0.29) is 0 Å². The van der Waals surface area contributed by atoms with Crippen molar-refractivity contribution >= 4 is 33.1 Å². The number of halogens is 1. The lowest BCUT2D eigenvalue weighted by molar-refractivity contribution is 1.39. The zero-order chi connectivity index (χ0) is 10.1. The van der Waals surface area contributed by atoms with Gasteiger partial charge in [0.1, 0.15) is 10.8 Å². The van der Waals surface area contributed by atoms with Gasteiger partial charge in [0.2, 0.25) is 0 Å². The van der Waals surface area contributed by atoms with Crippen molar-refractivity contribution in [2.75, 3.05) is 5.73 Å². The van der Waals surface area contributed by atoms with Crippen molar-refractivity contribution in [3.8, 4) is 10.6 Å². The summed E-state index contributed by atoms with van der Waals surface area (Å²) in [5.74, 6) is 0.581. The van der Waals surface area contributed by atoms with Gasteiger partial charge in [0.25, 0.3) is 0 Å². The third-order valence-corrected chi connectivity index (χ3v) is 3.43.